The van der Waals surface area contributed by atoms with Gasteiger partial charge in [-0.2, -0.15) is 0 Å². The van der Waals surface area contributed by atoms with Gasteiger partial charge in [0.2, 0.25) is 11.8 Å². The highest BCUT2D eigenvalue weighted by molar-refractivity contribution is 5.80. The molecule has 0 saturated heterocycles. The van der Waals surface area contributed by atoms with E-state index in [-0.39, 0.29) is 38.5 Å². The fourth-order valence-corrected chi connectivity index (χ4v) is 2.83. The maximum atomic E-state index is 13.0. The first-order chi connectivity index (χ1) is 13.9. The fraction of sp³-hybridized carbons (Fsp3) is 0.571. The lowest BCUT2D eigenvalue weighted by molar-refractivity contribution is -0.147. The molecule has 0 saturated carbocycles. The Morgan fingerprint density at radius 3 is 2.38 bits per heavy atom. The molecule has 0 radical (unpaired) electrons. The first-order valence-electron chi connectivity index (χ1n) is 9.80. The van der Waals surface area contributed by atoms with E-state index in [0.29, 0.717) is 18.8 Å². The van der Waals surface area contributed by atoms with Crippen LogP contribution in [-0.2, 0) is 23.9 Å². The van der Waals surface area contributed by atoms with Crippen LogP contribution in [0.1, 0.15) is 51.1 Å². The zero-order valence-electron chi connectivity index (χ0n) is 17.4. The number of hydrogen-bond acceptors (Lipinski definition) is 6. The third kappa shape index (κ3) is 9.54. The van der Waals surface area contributed by atoms with Crippen LogP contribution in [0.2, 0.25) is 0 Å². The van der Waals surface area contributed by atoms with Gasteiger partial charge in [-0.25, -0.2) is 5.48 Å². The molecule has 8 heteroatoms. The SMILES string of the molecule is COCCOC(=O)CC(c1ccccc1)N(CCC(=O)NO)C(=O)CCC(C)C. The lowest BCUT2D eigenvalue weighted by Gasteiger charge is -2.32. The number of amides is 2. The van der Waals surface area contributed by atoms with Crippen LogP contribution >= 0.6 is 0 Å². The van der Waals surface area contributed by atoms with Crippen molar-refractivity contribution < 1.29 is 29.1 Å². The van der Waals surface area contributed by atoms with Gasteiger partial charge in [-0.1, -0.05) is 44.2 Å². The number of methoxy groups -OCH3 is 1. The predicted molar refractivity (Wildman–Crippen MR) is 107 cm³/mol. The number of rotatable bonds is 13. The van der Waals surface area contributed by atoms with Crippen LogP contribution in [0.4, 0.5) is 0 Å². The number of hydroxylamine groups is 1. The lowest BCUT2D eigenvalue weighted by Crippen LogP contribution is -2.39. The fourth-order valence-electron chi connectivity index (χ4n) is 2.83. The Morgan fingerprint density at radius 1 is 1.10 bits per heavy atom. The van der Waals surface area contributed by atoms with E-state index in [1.807, 2.05) is 44.2 Å². The molecule has 1 rings (SSSR count). The second kappa shape index (κ2) is 13.7. The smallest absolute Gasteiger partial charge is 0.308 e. The second-order valence-corrected chi connectivity index (χ2v) is 7.15. The molecule has 1 aromatic carbocycles. The van der Waals surface area contributed by atoms with Crippen molar-refractivity contribution in [2.45, 2.75) is 45.6 Å². The van der Waals surface area contributed by atoms with E-state index in [2.05, 4.69) is 0 Å². The lowest BCUT2D eigenvalue weighted by atomic mass is 10.00. The molecular formula is C21H32N2O6. The standard InChI is InChI=1S/C21H32N2O6/c1-16(2)9-10-20(25)23(12-11-19(24)22-27)18(17-7-5-4-6-8-17)15-21(26)29-14-13-28-3/h4-8,16,18,27H,9-15H2,1-3H3,(H,22,24). The molecule has 0 aromatic heterocycles. The maximum absolute atomic E-state index is 13.0. The van der Waals surface area contributed by atoms with Crippen LogP contribution < -0.4 is 5.48 Å². The predicted octanol–water partition coefficient (Wildman–Crippen LogP) is 2.47. The summed E-state index contributed by atoms with van der Waals surface area (Å²) in [5.74, 6) is -0.857. The van der Waals surface area contributed by atoms with E-state index >= 15 is 0 Å². The highest BCUT2D eigenvalue weighted by Gasteiger charge is 2.28. The van der Waals surface area contributed by atoms with Crippen molar-refractivity contribution in [3.05, 3.63) is 35.9 Å². The van der Waals surface area contributed by atoms with Gasteiger partial charge in [0, 0.05) is 26.5 Å². The number of carbonyl (C=O) groups excluding carboxylic acids is 3. The molecule has 1 unspecified atom stereocenters. The largest absolute Gasteiger partial charge is 0.463 e. The van der Waals surface area contributed by atoms with Crippen LogP contribution in [0, 0.1) is 5.92 Å². The molecule has 1 aromatic rings. The van der Waals surface area contributed by atoms with Gasteiger partial charge < -0.3 is 14.4 Å². The normalized spacial score (nSPS) is 11.8. The summed E-state index contributed by atoms with van der Waals surface area (Å²) in [6.07, 6.45) is 0.885. The highest BCUT2D eigenvalue weighted by atomic mass is 16.6. The molecule has 0 spiro atoms. The number of ether oxygens (including phenoxy) is 2. The molecule has 0 aliphatic heterocycles. The minimum absolute atomic E-state index is 0.0398. The quantitative estimate of drug-likeness (QED) is 0.225. The second-order valence-electron chi connectivity index (χ2n) is 7.15. The summed E-state index contributed by atoms with van der Waals surface area (Å²) in [6.45, 7) is 4.55. The van der Waals surface area contributed by atoms with E-state index in [4.69, 9.17) is 14.7 Å². The topological polar surface area (TPSA) is 105 Å². The molecule has 162 valence electrons. The summed E-state index contributed by atoms with van der Waals surface area (Å²) in [7, 11) is 1.52. The average molecular weight is 408 g/mol. The third-order valence-electron chi connectivity index (χ3n) is 4.43. The van der Waals surface area contributed by atoms with Crippen LogP contribution in [0.15, 0.2) is 30.3 Å². The van der Waals surface area contributed by atoms with Crippen LogP contribution in [-0.4, -0.2) is 54.8 Å². The summed E-state index contributed by atoms with van der Waals surface area (Å²) >= 11 is 0. The Labute approximate surface area is 172 Å². The third-order valence-corrected chi connectivity index (χ3v) is 4.43. The van der Waals surface area contributed by atoms with Crippen molar-refractivity contribution in [3.63, 3.8) is 0 Å². The van der Waals surface area contributed by atoms with Gasteiger partial charge in [0.05, 0.1) is 19.1 Å². The maximum Gasteiger partial charge on any atom is 0.308 e. The van der Waals surface area contributed by atoms with Crippen molar-refractivity contribution in [2.24, 2.45) is 5.92 Å². The molecule has 2 amide bonds. The van der Waals surface area contributed by atoms with Gasteiger partial charge >= 0.3 is 5.97 Å². The molecule has 0 aliphatic rings. The van der Waals surface area contributed by atoms with Gasteiger partial charge in [0.15, 0.2) is 0 Å². The molecule has 0 heterocycles. The van der Waals surface area contributed by atoms with Crippen molar-refractivity contribution in [1.29, 1.82) is 0 Å². The van der Waals surface area contributed by atoms with Gasteiger partial charge in [0.1, 0.15) is 6.61 Å². The van der Waals surface area contributed by atoms with E-state index in [1.54, 1.807) is 5.48 Å². The minimum atomic E-state index is -0.596. The van der Waals surface area contributed by atoms with Crippen molar-refractivity contribution >= 4 is 17.8 Å². The molecule has 29 heavy (non-hydrogen) atoms. The van der Waals surface area contributed by atoms with E-state index < -0.39 is 17.9 Å². The number of nitrogens with one attached hydrogen (secondary N) is 1. The summed E-state index contributed by atoms with van der Waals surface area (Å²) in [5, 5.41) is 8.80. The number of carbonyl (C=O) groups is 3. The molecule has 1 atom stereocenters. The van der Waals surface area contributed by atoms with Gasteiger partial charge in [-0.15, -0.1) is 0 Å². The van der Waals surface area contributed by atoms with E-state index in [1.165, 1.54) is 12.0 Å². The Kier molecular flexibility index (Phi) is 11.6. The Bertz CT molecular complexity index is 635. The molecular weight excluding hydrogens is 376 g/mol. The van der Waals surface area contributed by atoms with Crippen molar-refractivity contribution in [3.8, 4) is 0 Å². The number of nitrogens with zero attached hydrogens (tertiary/aromatic N) is 1. The van der Waals surface area contributed by atoms with Gasteiger partial charge in [-0.3, -0.25) is 19.6 Å². The Morgan fingerprint density at radius 2 is 1.79 bits per heavy atom. The summed E-state index contributed by atoms with van der Waals surface area (Å²) < 4.78 is 10.1. The monoisotopic (exact) mass is 408 g/mol. The van der Waals surface area contributed by atoms with E-state index in [0.717, 1.165) is 5.56 Å². The highest BCUT2D eigenvalue weighted by Crippen LogP contribution is 2.27. The van der Waals surface area contributed by atoms with E-state index in [9.17, 15) is 14.4 Å². The van der Waals surface area contributed by atoms with Crippen LogP contribution in [0.25, 0.3) is 0 Å². The zero-order valence-corrected chi connectivity index (χ0v) is 17.4. The number of hydrogen-bond donors (Lipinski definition) is 2. The first kappa shape index (κ1) is 24.6. The Balaban J connectivity index is 3.06. The average Bonchev–Trinajstić information content (AvgIpc) is 2.72. The number of esters is 1. The van der Waals surface area contributed by atoms with Crippen molar-refractivity contribution in [1.82, 2.24) is 10.4 Å². The summed E-state index contributed by atoms with van der Waals surface area (Å²) in [4.78, 5) is 38.4. The summed E-state index contributed by atoms with van der Waals surface area (Å²) in [5.41, 5.74) is 2.36. The Hall–Kier alpha value is -2.45. The molecule has 0 aliphatic carbocycles. The number of benzene rings is 1. The zero-order chi connectivity index (χ0) is 21.6. The van der Waals surface area contributed by atoms with Crippen LogP contribution in [0.3, 0.4) is 0 Å². The molecule has 0 fully saturated rings. The summed E-state index contributed by atoms with van der Waals surface area (Å²) in [6, 6.07) is 8.61. The van der Waals surface area contributed by atoms with Crippen molar-refractivity contribution in [2.75, 3.05) is 26.9 Å². The molecule has 0 bridgehead atoms. The van der Waals surface area contributed by atoms with Gasteiger partial charge in [-0.05, 0) is 17.9 Å². The minimum Gasteiger partial charge on any atom is -0.463 e. The molecule has 8 nitrogen and oxygen atoms in total. The van der Waals surface area contributed by atoms with Gasteiger partial charge in [0.25, 0.3) is 0 Å². The molecule has 2 N–H and O–H groups in total. The first-order valence-corrected chi connectivity index (χ1v) is 9.80. The van der Waals surface area contributed by atoms with Crippen LogP contribution in [0.5, 0.6) is 0 Å².